The molecule has 1 aliphatic rings. The van der Waals surface area contributed by atoms with E-state index in [1.807, 2.05) is 6.92 Å². The molecule has 1 heteroatoms. The van der Waals surface area contributed by atoms with Crippen molar-refractivity contribution in [1.29, 1.82) is 0 Å². The first-order chi connectivity index (χ1) is 5.24. The van der Waals surface area contributed by atoms with Crippen LogP contribution in [0, 0.1) is 5.92 Å². The number of hydrogen-bond acceptors (Lipinski definition) is 1. The van der Waals surface area contributed by atoms with E-state index < -0.39 is 0 Å². The van der Waals surface area contributed by atoms with Crippen LogP contribution in [0.25, 0.3) is 0 Å². The third kappa shape index (κ3) is 2.19. The van der Waals surface area contributed by atoms with Crippen molar-refractivity contribution in [2.45, 2.75) is 32.8 Å². The minimum Gasteiger partial charge on any atom is -0.393 e. The third-order valence-corrected chi connectivity index (χ3v) is 2.20. The van der Waals surface area contributed by atoms with Crippen LogP contribution in [-0.4, -0.2) is 11.2 Å². The second-order valence-electron chi connectivity index (χ2n) is 3.14. The molecule has 1 rings (SSSR count). The summed E-state index contributed by atoms with van der Waals surface area (Å²) in [6, 6.07) is 0. The van der Waals surface area contributed by atoms with Gasteiger partial charge in [-0.1, -0.05) is 30.7 Å². The zero-order valence-corrected chi connectivity index (χ0v) is 7.25. The van der Waals surface area contributed by atoms with Crippen molar-refractivity contribution in [3.8, 4) is 0 Å². The van der Waals surface area contributed by atoms with Gasteiger partial charge in [-0.3, -0.25) is 0 Å². The Balaban J connectivity index is 2.61. The molecular formula is C10H16O. The van der Waals surface area contributed by atoms with Gasteiger partial charge in [0.1, 0.15) is 0 Å². The molecule has 1 N–H and O–H groups in total. The molecule has 2 unspecified atom stereocenters. The van der Waals surface area contributed by atoms with Gasteiger partial charge in [0.15, 0.2) is 0 Å². The molecule has 0 aromatic carbocycles. The first-order valence-electron chi connectivity index (χ1n) is 4.29. The SMILES string of the molecule is CCC1=CC(C(C)O)CC=C1. The van der Waals surface area contributed by atoms with Gasteiger partial charge < -0.3 is 5.11 Å². The van der Waals surface area contributed by atoms with Gasteiger partial charge >= 0.3 is 0 Å². The van der Waals surface area contributed by atoms with Gasteiger partial charge in [-0.25, -0.2) is 0 Å². The fourth-order valence-corrected chi connectivity index (χ4v) is 1.35. The molecule has 0 spiro atoms. The Morgan fingerprint density at radius 3 is 3.00 bits per heavy atom. The fourth-order valence-electron chi connectivity index (χ4n) is 1.35. The maximum Gasteiger partial charge on any atom is 0.0577 e. The summed E-state index contributed by atoms with van der Waals surface area (Å²) in [5.41, 5.74) is 1.35. The van der Waals surface area contributed by atoms with Crippen LogP contribution in [-0.2, 0) is 0 Å². The van der Waals surface area contributed by atoms with Gasteiger partial charge in [-0.05, 0) is 19.8 Å². The average Bonchev–Trinajstić information content (AvgIpc) is 2.05. The van der Waals surface area contributed by atoms with E-state index in [1.165, 1.54) is 5.57 Å². The normalized spacial score (nSPS) is 26.5. The van der Waals surface area contributed by atoms with E-state index in [0.29, 0.717) is 5.92 Å². The van der Waals surface area contributed by atoms with Gasteiger partial charge in [0.05, 0.1) is 6.10 Å². The van der Waals surface area contributed by atoms with Crippen molar-refractivity contribution in [2.24, 2.45) is 5.92 Å². The second-order valence-corrected chi connectivity index (χ2v) is 3.14. The Labute approximate surface area is 68.4 Å². The summed E-state index contributed by atoms with van der Waals surface area (Å²) in [4.78, 5) is 0. The van der Waals surface area contributed by atoms with E-state index in [2.05, 4.69) is 25.2 Å². The zero-order valence-electron chi connectivity index (χ0n) is 7.25. The monoisotopic (exact) mass is 152 g/mol. The highest BCUT2D eigenvalue weighted by atomic mass is 16.3. The van der Waals surface area contributed by atoms with E-state index >= 15 is 0 Å². The molecule has 0 saturated carbocycles. The van der Waals surface area contributed by atoms with Crippen molar-refractivity contribution in [3.63, 3.8) is 0 Å². The van der Waals surface area contributed by atoms with Crippen LogP contribution in [0.15, 0.2) is 23.8 Å². The first-order valence-corrected chi connectivity index (χ1v) is 4.29. The van der Waals surface area contributed by atoms with Crippen LogP contribution >= 0.6 is 0 Å². The topological polar surface area (TPSA) is 20.2 Å². The number of rotatable bonds is 2. The van der Waals surface area contributed by atoms with E-state index in [1.54, 1.807) is 0 Å². The average molecular weight is 152 g/mol. The molecular weight excluding hydrogens is 136 g/mol. The Morgan fingerprint density at radius 1 is 1.73 bits per heavy atom. The molecule has 0 aromatic heterocycles. The van der Waals surface area contributed by atoms with Crippen molar-refractivity contribution < 1.29 is 5.11 Å². The standard InChI is InChI=1S/C10H16O/c1-3-9-5-4-6-10(7-9)8(2)11/h4-5,7-8,10-11H,3,6H2,1-2H3. The van der Waals surface area contributed by atoms with Crippen molar-refractivity contribution in [1.82, 2.24) is 0 Å². The van der Waals surface area contributed by atoms with Gasteiger partial charge in [0.2, 0.25) is 0 Å². The molecule has 1 nitrogen and oxygen atoms in total. The Hall–Kier alpha value is -0.560. The molecule has 0 radical (unpaired) electrons. The summed E-state index contributed by atoms with van der Waals surface area (Å²) in [5, 5.41) is 9.31. The van der Waals surface area contributed by atoms with Crippen molar-refractivity contribution >= 4 is 0 Å². The summed E-state index contributed by atoms with van der Waals surface area (Å²) in [6.07, 6.45) is 8.34. The Bertz CT molecular complexity index is 177. The third-order valence-electron chi connectivity index (χ3n) is 2.20. The minimum absolute atomic E-state index is 0.207. The maximum atomic E-state index is 9.31. The summed E-state index contributed by atoms with van der Waals surface area (Å²) < 4.78 is 0. The predicted molar refractivity (Wildman–Crippen MR) is 47.3 cm³/mol. The van der Waals surface area contributed by atoms with E-state index in [9.17, 15) is 5.11 Å². The Kier molecular flexibility index (Phi) is 2.89. The molecule has 0 fully saturated rings. The highest BCUT2D eigenvalue weighted by Crippen LogP contribution is 2.21. The Morgan fingerprint density at radius 2 is 2.45 bits per heavy atom. The lowest BCUT2D eigenvalue weighted by Gasteiger charge is -2.18. The minimum atomic E-state index is -0.207. The van der Waals surface area contributed by atoms with Crippen LogP contribution in [0.5, 0.6) is 0 Å². The number of allylic oxidation sites excluding steroid dienone is 3. The van der Waals surface area contributed by atoms with E-state index in [0.717, 1.165) is 12.8 Å². The maximum absolute atomic E-state index is 9.31. The van der Waals surface area contributed by atoms with Gasteiger partial charge in [0.25, 0.3) is 0 Å². The summed E-state index contributed by atoms with van der Waals surface area (Å²) in [6.45, 7) is 3.99. The quantitative estimate of drug-likeness (QED) is 0.643. The van der Waals surface area contributed by atoms with Gasteiger partial charge in [-0.2, -0.15) is 0 Å². The van der Waals surface area contributed by atoms with Crippen molar-refractivity contribution in [3.05, 3.63) is 23.8 Å². The highest BCUT2D eigenvalue weighted by molar-refractivity contribution is 5.23. The van der Waals surface area contributed by atoms with Crippen LogP contribution < -0.4 is 0 Å². The zero-order chi connectivity index (χ0) is 8.27. The summed E-state index contributed by atoms with van der Waals surface area (Å²) >= 11 is 0. The molecule has 0 saturated heterocycles. The van der Waals surface area contributed by atoms with Crippen LogP contribution in [0.3, 0.4) is 0 Å². The molecule has 0 aliphatic heterocycles. The molecule has 0 aromatic rings. The van der Waals surface area contributed by atoms with Crippen LogP contribution in [0.4, 0.5) is 0 Å². The van der Waals surface area contributed by atoms with E-state index in [4.69, 9.17) is 0 Å². The van der Waals surface area contributed by atoms with Gasteiger partial charge in [-0.15, -0.1) is 0 Å². The molecule has 0 bridgehead atoms. The molecule has 2 atom stereocenters. The first kappa shape index (κ1) is 8.54. The van der Waals surface area contributed by atoms with Gasteiger partial charge in [0, 0.05) is 5.92 Å². The van der Waals surface area contributed by atoms with E-state index in [-0.39, 0.29) is 6.10 Å². The number of hydrogen-bond donors (Lipinski definition) is 1. The largest absolute Gasteiger partial charge is 0.393 e. The lowest BCUT2D eigenvalue weighted by molar-refractivity contribution is 0.149. The smallest absolute Gasteiger partial charge is 0.0577 e. The fraction of sp³-hybridized carbons (Fsp3) is 0.600. The predicted octanol–water partition coefficient (Wildman–Crippen LogP) is 2.28. The lowest BCUT2D eigenvalue weighted by atomic mass is 9.91. The highest BCUT2D eigenvalue weighted by Gasteiger charge is 2.13. The summed E-state index contributed by atoms with van der Waals surface area (Å²) in [5.74, 6) is 0.343. The lowest BCUT2D eigenvalue weighted by Crippen LogP contribution is -2.15. The van der Waals surface area contributed by atoms with Crippen LogP contribution in [0.1, 0.15) is 26.7 Å². The number of aliphatic hydroxyl groups is 1. The molecule has 62 valence electrons. The van der Waals surface area contributed by atoms with Crippen LogP contribution in [0.2, 0.25) is 0 Å². The molecule has 1 aliphatic carbocycles. The second kappa shape index (κ2) is 3.72. The molecule has 11 heavy (non-hydrogen) atoms. The number of aliphatic hydroxyl groups excluding tert-OH is 1. The van der Waals surface area contributed by atoms with Crippen molar-refractivity contribution in [2.75, 3.05) is 0 Å². The molecule has 0 heterocycles. The summed E-state index contributed by atoms with van der Waals surface area (Å²) in [7, 11) is 0. The molecule has 0 amide bonds.